The van der Waals surface area contributed by atoms with Crippen molar-refractivity contribution in [3.63, 3.8) is 0 Å². The van der Waals surface area contributed by atoms with Gasteiger partial charge in [-0.2, -0.15) is 4.49 Å². The Labute approximate surface area is 130 Å². The molecular weight excluding hydrogens is 305 g/mol. The summed E-state index contributed by atoms with van der Waals surface area (Å²) in [6.07, 6.45) is 6.24. The smallest absolute Gasteiger partial charge is 0.243 e. The van der Waals surface area contributed by atoms with Gasteiger partial charge in [-0.05, 0) is 57.5 Å². The molecule has 6 heteroatoms. The van der Waals surface area contributed by atoms with Crippen molar-refractivity contribution in [3.05, 3.63) is 24.3 Å². The molecule has 0 unspecified atom stereocenters. The highest BCUT2D eigenvalue weighted by Gasteiger charge is 2.19. The van der Waals surface area contributed by atoms with Crippen LogP contribution in [0.2, 0.25) is 0 Å². The molecule has 0 saturated heterocycles. The van der Waals surface area contributed by atoms with Crippen molar-refractivity contribution in [1.82, 2.24) is 4.49 Å². The molecule has 0 aromatic heterocycles. The van der Waals surface area contributed by atoms with Gasteiger partial charge in [-0.3, -0.25) is 0 Å². The Balaban J connectivity index is 2.77. The highest BCUT2D eigenvalue weighted by Crippen LogP contribution is 2.35. The quantitative estimate of drug-likeness (QED) is 0.660. The Morgan fingerprint density at radius 3 is 2.00 bits per heavy atom. The van der Waals surface area contributed by atoms with Crippen molar-refractivity contribution in [1.29, 1.82) is 0 Å². The molecule has 0 fully saturated rings. The molecule has 1 aromatic rings. The SMILES string of the molecule is CCCCP(CCCC)NS(=O)(=O)c1ccc(OC)cc1. The molecule has 0 aliphatic heterocycles. The fraction of sp³-hybridized carbons (Fsp3) is 0.600. The van der Waals surface area contributed by atoms with Crippen LogP contribution in [-0.4, -0.2) is 27.9 Å². The summed E-state index contributed by atoms with van der Waals surface area (Å²) < 4.78 is 32.8. The molecule has 0 bridgehead atoms. The number of methoxy groups -OCH3 is 1. The van der Waals surface area contributed by atoms with Gasteiger partial charge in [0.1, 0.15) is 5.75 Å². The van der Waals surface area contributed by atoms with E-state index in [4.69, 9.17) is 4.74 Å². The van der Waals surface area contributed by atoms with Crippen LogP contribution < -0.4 is 9.23 Å². The molecule has 1 rings (SSSR count). The number of rotatable bonds is 10. The lowest BCUT2D eigenvalue weighted by molar-refractivity contribution is 0.414. The van der Waals surface area contributed by atoms with Crippen LogP contribution in [-0.2, 0) is 10.0 Å². The van der Waals surface area contributed by atoms with Gasteiger partial charge in [-0.1, -0.05) is 26.7 Å². The van der Waals surface area contributed by atoms with E-state index in [9.17, 15) is 8.42 Å². The molecule has 0 amide bonds. The van der Waals surface area contributed by atoms with Crippen molar-refractivity contribution in [2.24, 2.45) is 0 Å². The van der Waals surface area contributed by atoms with Crippen LogP contribution >= 0.6 is 8.07 Å². The molecule has 1 aromatic carbocycles. The third kappa shape index (κ3) is 6.33. The van der Waals surface area contributed by atoms with E-state index in [2.05, 4.69) is 18.3 Å². The standard InChI is InChI=1S/C15H26NO3PS/c1-4-6-12-20(13-7-5-2)16-21(17,18)15-10-8-14(19-3)9-11-15/h8-11,16H,4-7,12-13H2,1-3H3. The molecular formula is C15H26NO3PS. The van der Waals surface area contributed by atoms with Gasteiger partial charge in [0.05, 0.1) is 12.0 Å². The van der Waals surface area contributed by atoms with Crippen LogP contribution in [0.1, 0.15) is 39.5 Å². The van der Waals surface area contributed by atoms with Gasteiger partial charge in [0.15, 0.2) is 0 Å². The summed E-state index contributed by atoms with van der Waals surface area (Å²) in [5, 5.41) is 0. The summed E-state index contributed by atoms with van der Waals surface area (Å²) in [5.74, 6) is 0.660. The minimum absolute atomic E-state index is 0.309. The first-order valence-electron chi connectivity index (χ1n) is 7.45. The van der Waals surface area contributed by atoms with Gasteiger partial charge in [0.25, 0.3) is 0 Å². The zero-order valence-corrected chi connectivity index (χ0v) is 14.8. The predicted molar refractivity (Wildman–Crippen MR) is 89.8 cm³/mol. The molecule has 0 saturated carbocycles. The molecule has 4 nitrogen and oxygen atoms in total. The van der Waals surface area contributed by atoms with Crippen LogP contribution in [0, 0.1) is 0 Å². The molecule has 0 aliphatic rings. The summed E-state index contributed by atoms with van der Waals surface area (Å²) in [6.45, 7) is 4.26. The van der Waals surface area contributed by atoms with Crippen LogP contribution in [0.25, 0.3) is 0 Å². The number of ether oxygens (including phenoxy) is 1. The topological polar surface area (TPSA) is 55.4 Å². The molecule has 0 spiro atoms. The third-order valence-electron chi connectivity index (χ3n) is 3.18. The van der Waals surface area contributed by atoms with E-state index in [0.29, 0.717) is 10.6 Å². The summed E-state index contributed by atoms with van der Waals surface area (Å²) in [7, 11) is -2.52. The second kappa shape index (κ2) is 9.39. The fourth-order valence-corrected chi connectivity index (χ4v) is 6.50. The number of nitrogens with one attached hydrogen (secondary N) is 1. The van der Waals surface area contributed by atoms with Crippen molar-refractivity contribution < 1.29 is 13.2 Å². The van der Waals surface area contributed by atoms with Gasteiger partial charge in [0.2, 0.25) is 10.0 Å². The lowest BCUT2D eigenvalue weighted by Crippen LogP contribution is -2.21. The van der Waals surface area contributed by atoms with Gasteiger partial charge < -0.3 is 4.74 Å². The Morgan fingerprint density at radius 2 is 1.57 bits per heavy atom. The molecule has 0 radical (unpaired) electrons. The van der Waals surface area contributed by atoms with E-state index in [0.717, 1.165) is 38.0 Å². The van der Waals surface area contributed by atoms with Crippen molar-refractivity contribution in [2.45, 2.75) is 44.4 Å². The third-order valence-corrected chi connectivity index (χ3v) is 7.78. The molecule has 0 atom stereocenters. The maximum absolute atomic E-state index is 12.4. The van der Waals surface area contributed by atoms with E-state index < -0.39 is 18.1 Å². The Bertz CT molecular complexity index is 494. The average molecular weight is 331 g/mol. The maximum atomic E-state index is 12.4. The van der Waals surface area contributed by atoms with Crippen LogP contribution in [0.5, 0.6) is 5.75 Å². The number of hydrogen-bond acceptors (Lipinski definition) is 3. The lowest BCUT2D eigenvalue weighted by atomic mass is 10.3. The Morgan fingerprint density at radius 1 is 1.05 bits per heavy atom. The Kier molecular flexibility index (Phi) is 8.23. The minimum Gasteiger partial charge on any atom is -0.497 e. The highest BCUT2D eigenvalue weighted by atomic mass is 32.2. The summed E-state index contributed by atoms with van der Waals surface area (Å²) >= 11 is 0. The van der Waals surface area contributed by atoms with E-state index in [-0.39, 0.29) is 0 Å². The summed E-state index contributed by atoms with van der Waals surface area (Å²) in [5.41, 5.74) is 0. The molecule has 1 N–H and O–H groups in total. The first kappa shape index (κ1) is 18.4. The molecule has 0 aliphatic carbocycles. The average Bonchev–Trinajstić information content (AvgIpc) is 2.49. The first-order chi connectivity index (χ1) is 10.0. The van der Waals surface area contributed by atoms with E-state index >= 15 is 0 Å². The maximum Gasteiger partial charge on any atom is 0.243 e. The molecule has 120 valence electrons. The van der Waals surface area contributed by atoms with Crippen molar-refractivity contribution in [3.8, 4) is 5.75 Å². The number of unbranched alkanes of at least 4 members (excludes halogenated alkanes) is 2. The van der Waals surface area contributed by atoms with Crippen LogP contribution in [0.15, 0.2) is 29.2 Å². The number of sulfonamides is 1. The van der Waals surface area contributed by atoms with Gasteiger partial charge in [-0.15, -0.1) is 0 Å². The summed E-state index contributed by atoms with van der Waals surface area (Å²) in [6, 6.07) is 6.53. The zero-order chi connectivity index (χ0) is 15.7. The zero-order valence-electron chi connectivity index (χ0n) is 13.1. The normalized spacial score (nSPS) is 11.8. The minimum atomic E-state index is -3.42. The van der Waals surface area contributed by atoms with Gasteiger partial charge >= 0.3 is 0 Å². The number of benzene rings is 1. The van der Waals surface area contributed by atoms with Gasteiger partial charge in [-0.25, -0.2) is 8.42 Å². The van der Waals surface area contributed by atoms with Crippen molar-refractivity contribution in [2.75, 3.05) is 19.4 Å². The van der Waals surface area contributed by atoms with E-state index in [1.54, 1.807) is 31.4 Å². The Hall–Kier alpha value is -0.640. The van der Waals surface area contributed by atoms with Crippen molar-refractivity contribution >= 4 is 18.1 Å². The lowest BCUT2D eigenvalue weighted by Gasteiger charge is -2.18. The van der Waals surface area contributed by atoms with Crippen LogP contribution in [0.4, 0.5) is 0 Å². The first-order valence-corrected chi connectivity index (χ1v) is 10.6. The predicted octanol–water partition coefficient (Wildman–Crippen LogP) is 3.97. The van der Waals surface area contributed by atoms with Gasteiger partial charge in [0, 0.05) is 0 Å². The van der Waals surface area contributed by atoms with E-state index in [1.165, 1.54) is 0 Å². The second-order valence-corrected chi connectivity index (χ2v) is 9.15. The second-order valence-electron chi connectivity index (χ2n) is 4.96. The highest BCUT2D eigenvalue weighted by molar-refractivity contribution is 7.95. The van der Waals surface area contributed by atoms with Crippen LogP contribution in [0.3, 0.4) is 0 Å². The monoisotopic (exact) mass is 331 g/mol. The molecule has 0 heterocycles. The largest absolute Gasteiger partial charge is 0.497 e. The van der Waals surface area contributed by atoms with E-state index in [1.807, 2.05) is 0 Å². The fourth-order valence-electron chi connectivity index (χ4n) is 1.88. The number of hydrogen-bond donors (Lipinski definition) is 1. The summed E-state index contributed by atoms with van der Waals surface area (Å²) in [4.78, 5) is 0.309. The molecule has 21 heavy (non-hydrogen) atoms.